The Morgan fingerprint density at radius 1 is 1.78 bits per heavy atom. The molecule has 0 aromatic heterocycles. The van der Waals surface area contributed by atoms with E-state index in [2.05, 4.69) is 0 Å². The number of hydrogen-bond donors (Lipinski definition) is 1. The number of carbonyl (C=O) groups excluding carboxylic acids is 1. The van der Waals surface area contributed by atoms with Crippen LogP contribution in [0.3, 0.4) is 0 Å². The lowest BCUT2D eigenvalue weighted by atomic mass is 10.1. The summed E-state index contributed by atoms with van der Waals surface area (Å²) in [6.45, 7) is 1.70. The van der Waals surface area contributed by atoms with Gasteiger partial charge in [0.1, 0.15) is 6.29 Å². The molecule has 0 rings (SSSR count). The zero-order valence-electron chi connectivity index (χ0n) is 5.33. The van der Waals surface area contributed by atoms with Gasteiger partial charge in [-0.2, -0.15) is 0 Å². The molecule has 0 bridgehead atoms. The quantitative estimate of drug-likeness (QED) is 0.569. The van der Waals surface area contributed by atoms with Crippen LogP contribution in [0.5, 0.6) is 0 Å². The summed E-state index contributed by atoms with van der Waals surface area (Å²) in [5.74, 6) is -0.968. The average Bonchev–Trinajstić information content (AvgIpc) is 1.83. The van der Waals surface area contributed by atoms with E-state index in [4.69, 9.17) is 5.11 Å². The number of aldehydes is 1. The van der Waals surface area contributed by atoms with Gasteiger partial charge in [-0.1, -0.05) is 6.92 Å². The Hall–Kier alpha value is -0.860. The molecule has 9 heavy (non-hydrogen) atoms. The van der Waals surface area contributed by atoms with Crippen LogP contribution < -0.4 is 0 Å². The van der Waals surface area contributed by atoms with Crippen LogP contribution in [0.25, 0.3) is 0 Å². The Kier molecular flexibility index (Phi) is 3.67. The van der Waals surface area contributed by atoms with Crippen LogP contribution >= 0.6 is 0 Å². The van der Waals surface area contributed by atoms with E-state index in [0.717, 1.165) is 6.29 Å². The molecule has 0 heterocycles. The third kappa shape index (κ3) is 5.00. The van der Waals surface area contributed by atoms with Crippen molar-refractivity contribution in [1.29, 1.82) is 0 Å². The molecular formula is C6H10O3. The number of aliphatic carboxylic acids is 1. The largest absolute Gasteiger partial charge is 0.481 e. The van der Waals surface area contributed by atoms with Crippen LogP contribution in [0.15, 0.2) is 0 Å². The van der Waals surface area contributed by atoms with Crippen molar-refractivity contribution in [3.8, 4) is 0 Å². The first-order chi connectivity index (χ1) is 4.16. The van der Waals surface area contributed by atoms with Gasteiger partial charge < -0.3 is 9.90 Å². The Balaban J connectivity index is 3.26. The van der Waals surface area contributed by atoms with E-state index < -0.39 is 5.97 Å². The maximum atomic E-state index is 9.92. The van der Waals surface area contributed by atoms with Crippen molar-refractivity contribution < 1.29 is 14.7 Å². The summed E-state index contributed by atoms with van der Waals surface area (Å²) in [4.78, 5) is 19.8. The predicted octanol–water partition coefficient (Wildman–Crippen LogP) is 0.686. The zero-order chi connectivity index (χ0) is 7.28. The lowest BCUT2D eigenvalue weighted by molar-refractivity contribution is -0.137. The molecule has 1 N–H and O–H groups in total. The van der Waals surface area contributed by atoms with Gasteiger partial charge in [0.05, 0.1) is 0 Å². The molecule has 3 nitrogen and oxygen atoms in total. The highest BCUT2D eigenvalue weighted by Crippen LogP contribution is 2.00. The minimum Gasteiger partial charge on any atom is -0.481 e. The van der Waals surface area contributed by atoms with Crippen molar-refractivity contribution in [3.05, 3.63) is 0 Å². The monoisotopic (exact) mass is 130 g/mol. The van der Waals surface area contributed by atoms with Gasteiger partial charge in [-0.05, 0) is 6.42 Å². The minimum absolute atomic E-state index is 0.0832. The fraction of sp³-hybridized carbons (Fsp3) is 0.667. The van der Waals surface area contributed by atoms with Crippen molar-refractivity contribution in [3.63, 3.8) is 0 Å². The number of carbonyl (C=O) groups is 2. The van der Waals surface area contributed by atoms with Crippen LogP contribution in [0.2, 0.25) is 0 Å². The summed E-state index contributed by atoms with van der Waals surface area (Å²) >= 11 is 0. The first-order valence-electron chi connectivity index (χ1n) is 2.84. The zero-order valence-corrected chi connectivity index (χ0v) is 5.33. The van der Waals surface area contributed by atoms with Crippen molar-refractivity contribution in [2.45, 2.75) is 19.8 Å². The fourth-order valence-corrected chi connectivity index (χ4v) is 0.419. The second-order valence-corrected chi connectivity index (χ2v) is 2.05. The van der Waals surface area contributed by atoms with Gasteiger partial charge in [0.25, 0.3) is 0 Å². The second-order valence-electron chi connectivity index (χ2n) is 2.05. The van der Waals surface area contributed by atoms with E-state index in [1.165, 1.54) is 0 Å². The SMILES string of the molecule is C[C@H](C=O)CCC(=O)O. The lowest BCUT2D eigenvalue weighted by Crippen LogP contribution is -2.01. The van der Waals surface area contributed by atoms with E-state index in [9.17, 15) is 9.59 Å². The molecule has 0 amide bonds. The van der Waals surface area contributed by atoms with Crippen LogP contribution in [0.4, 0.5) is 0 Å². The molecule has 0 radical (unpaired) electrons. The molecular weight excluding hydrogens is 120 g/mol. The first kappa shape index (κ1) is 8.14. The van der Waals surface area contributed by atoms with Crippen molar-refractivity contribution in [2.75, 3.05) is 0 Å². The van der Waals surface area contributed by atoms with Crippen molar-refractivity contribution in [2.24, 2.45) is 5.92 Å². The third-order valence-electron chi connectivity index (χ3n) is 1.05. The van der Waals surface area contributed by atoms with E-state index in [-0.39, 0.29) is 12.3 Å². The van der Waals surface area contributed by atoms with Gasteiger partial charge in [-0.3, -0.25) is 4.79 Å². The summed E-state index contributed by atoms with van der Waals surface area (Å²) in [7, 11) is 0. The van der Waals surface area contributed by atoms with E-state index >= 15 is 0 Å². The highest BCUT2D eigenvalue weighted by Gasteiger charge is 2.02. The van der Waals surface area contributed by atoms with Crippen molar-refractivity contribution in [1.82, 2.24) is 0 Å². The molecule has 0 aromatic carbocycles. The Labute approximate surface area is 53.7 Å². The van der Waals surface area contributed by atoms with Gasteiger partial charge in [0.2, 0.25) is 0 Å². The van der Waals surface area contributed by atoms with E-state index in [1.54, 1.807) is 6.92 Å². The van der Waals surface area contributed by atoms with Gasteiger partial charge in [0.15, 0.2) is 0 Å². The summed E-state index contributed by atoms with van der Waals surface area (Å²) in [6, 6.07) is 0. The minimum atomic E-state index is -0.844. The predicted molar refractivity (Wildman–Crippen MR) is 32.1 cm³/mol. The molecule has 0 aliphatic carbocycles. The van der Waals surface area contributed by atoms with E-state index in [1.807, 2.05) is 0 Å². The maximum Gasteiger partial charge on any atom is 0.303 e. The Bertz CT molecular complexity index is 109. The number of carboxylic acids is 1. The number of hydrogen-bond acceptors (Lipinski definition) is 2. The number of carboxylic acid groups (broad SMARTS) is 1. The maximum absolute atomic E-state index is 9.92. The Morgan fingerprint density at radius 3 is 2.67 bits per heavy atom. The standard InChI is InChI=1S/C6H10O3/c1-5(4-7)2-3-6(8)9/h4-5H,2-3H2,1H3,(H,8,9)/t5-/m0/s1. The third-order valence-corrected chi connectivity index (χ3v) is 1.05. The van der Waals surface area contributed by atoms with Crippen LogP contribution in [0.1, 0.15) is 19.8 Å². The summed E-state index contributed by atoms with van der Waals surface area (Å²) in [5.41, 5.74) is 0. The topological polar surface area (TPSA) is 54.4 Å². The van der Waals surface area contributed by atoms with Gasteiger partial charge in [-0.25, -0.2) is 0 Å². The molecule has 52 valence electrons. The molecule has 0 unspecified atom stereocenters. The molecule has 0 aliphatic rings. The molecule has 0 spiro atoms. The lowest BCUT2D eigenvalue weighted by Gasteiger charge is -1.96. The van der Waals surface area contributed by atoms with Crippen LogP contribution in [-0.2, 0) is 9.59 Å². The van der Waals surface area contributed by atoms with Gasteiger partial charge in [0, 0.05) is 12.3 Å². The van der Waals surface area contributed by atoms with Gasteiger partial charge >= 0.3 is 5.97 Å². The first-order valence-corrected chi connectivity index (χ1v) is 2.84. The fourth-order valence-electron chi connectivity index (χ4n) is 0.419. The number of rotatable bonds is 4. The summed E-state index contributed by atoms with van der Waals surface area (Å²) in [5, 5.41) is 8.14. The molecule has 3 heteroatoms. The average molecular weight is 130 g/mol. The molecule has 0 fully saturated rings. The second kappa shape index (κ2) is 4.06. The normalized spacial score (nSPS) is 12.6. The molecule has 0 saturated carbocycles. The van der Waals surface area contributed by atoms with Crippen LogP contribution in [-0.4, -0.2) is 17.4 Å². The molecule has 1 atom stereocenters. The Morgan fingerprint density at radius 2 is 2.33 bits per heavy atom. The summed E-state index contributed by atoms with van der Waals surface area (Å²) < 4.78 is 0. The smallest absolute Gasteiger partial charge is 0.303 e. The molecule has 0 aromatic rings. The summed E-state index contributed by atoms with van der Waals surface area (Å²) in [6.07, 6.45) is 1.29. The highest BCUT2D eigenvalue weighted by molar-refractivity contribution is 5.67. The van der Waals surface area contributed by atoms with Crippen molar-refractivity contribution >= 4 is 12.3 Å². The van der Waals surface area contributed by atoms with E-state index in [0.29, 0.717) is 6.42 Å². The van der Waals surface area contributed by atoms with Gasteiger partial charge in [-0.15, -0.1) is 0 Å². The molecule has 0 saturated heterocycles. The highest BCUT2D eigenvalue weighted by atomic mass is 16.4. The molecule has 0 aliphatic heterocycles. The van der Waals surface area contributed by atoms with Crippen LogP contribution in [0, 0.1) is 5.92 Å².